The largest absolute Gasteiger partial charge is 0.371 e. The maximum atomic E-state index is 4.58. The van der Waals surface area contributed by atoms with Gasteiger partial charge in [0, 0.05) is 16.9 Å². The monoisotopic (exact) mass is 278 g/mol. The van der Waals surface area contributed by atoms with E-state index in [0.29, 0.717) is 5.92 Å². The molecule has 16 heavy (non-hydrogen) atoms. The molecule has 0 saturated heterocycles. The van der Waals surface area contributed by atoms with Crippen molar-refractivity contribution in [3.05, 3.63) is 33.8 Å². The van der Waals surface area contributed by atoms with Crippen LogP contribution in [0.25, 0.3) is 0 Å². The maximum absolute atomic E-state index is 4.58. The lowest BCUT2D eigenvalue weighted by Crippen LogP contribution is -2.28. The van der Waals surface area contributed by atoms with Gasteiger partial charge in [-0.25, -0.2) is 0 Å². The molecule has 0 radical (unpaired) electrons. The van der Waals surface area contributed by atoms with Crippen molar-refractivity contribution in [2.75, 3.05) is 13.1 Å². The summed E-state index contributed by atoms with van der Waals surface area (Å²) in [6.07, 6.45) is 3.69. The molecule has 1 aromatic carbocycles. The molecule has 1 N–H and O–H groups in total. The van der Waals surface area contributed by atoms with Crippen molar-refractivity contribution in [3.63, 3.8) is 0 Å². The summed E-state index contributed by atoms with van der Waals surface area (Å²) in [5.41, 5.74) is 2.95. The highest BCUT2D eigenvalue weighted by atomic mass is 79.9. The van der Waals surface area contributed by atoms with Crippen molar-refractivity contribution in [2.24, 2.45) is 4.99 Å². The number of hydrogen-bond acceptors (Lipinski definition) is 2. The fraction of sp³-hybridized carbons (Fsp3) is 0.462. The van der Waals surface area contributed by atoms with Crippen LogP contribution in [0.3, 0.4) is 0 Å². The third kappa shape index (κ3) is 1.67. The highest BCUT2D eigenvalue weighted by Crippen LogP contribution is 2.36. The van der Waals surface area contributed by atoms with E-state index in [1.165, 1.54) is 40.7 Å². The van der Waals surface area contributed by atoms with E-state index < -0.39 is 0 Å². The van der Waals surface area contributed by atoms with E-state index in [-0.39, 0.29) is 0 Å². The van der Waals surface area contributed by atoms with Gasteiger partial charge in [-0.3, -0.25) is 4.99 Å². The van der Waals surface area contributed by atoms with Gasteiger partial charge in [0.2, 0.25) is 0 Å². The number of rotatable bonds is 1. The zero-order valence-electron chi connectivity index (χ0n) is 9.17. The van der Waals surface area contributed by atoms with E-state index >= 15 is 0 Å². The SMILES string of the molecule is Brc1cccc2c1CCCC2C1=NCCN1. The second-order valence-corrected chi connectivity index (χ2v) is 5.30. The smallest absolute Gasteiger partial charge is 0.104 e. The zero-order valence-corrected chi connectivity index (χ0v) is 10.8. The Morgan fingerprint density at radius 1 is 1.38 bits per heavy atom. The van der Waals surface area contributed by atoms with Crippen LogP contribution in [-0.4, -0.2) is 18.9 Å². The molecule has 1 unspecified atom stereocenters. The van der Waals surface area contributed by atoms with E-state index in [1.54, 1.807) is 0 Å². The summed E-state index contributed by atoms with van der Waals surface area (Å²) in [6.45, 7) is 1.95. The van der Waals surface area contributed by atoms with Crippen LogP contribution in [-0.2, 0) is 6.42 Å². The molecule has 1 atom stereocenters. The summed E-state index contributed by atoms with van der Waals surface area (Å²) in [6, 6.07) is 6.54. The number of fused-ring (bicyclic) bond motifs is 1. The van der Waals surface area contributed by atoms with E-state index in [0.717, 1.165) is 13.1 Å². The summed E-state index contributed by atoms with van der Waals surface area (Å²) in [7, 11) is 0. The Morgan fingerprint density at radius 2 is 2.31 bits per heavy atom. The zero-order chi connectivity index (χ0) is 11.0. The fourth-order valence-electron chi connectivity index (χ4n) is 2.74. The first-order valence-electron chi connectivity index (χ1n) is 5.92. The molecule has 1 aromatic rings. The Morgan fingerprint density at radius 3 is 3.12 bits per heavy atom. The minimum Gasteiger partial charge on any atom is -0.371 e. The number of benzene rings is 1. The number of nitrogens with one attached hydrogen (secondary N) is 1. The van der Waals surface area contributed by atoms with Gasteiger partial charge < -0.3 is 5.32 Å². The molecule has 3 rings (SSSR count). The van der Waals surface area contributed by atoms with Gasteiger partial charge in [-0.1, -0.05) is 28.1 Å². The number of hydrogen-bond donors (Lipinski definition) is 1. The molecule has 1 aliphatic carbocycles. The van der Waals surface area contributed by atoms with Crippen LogP contribution < -0.4 is 5.32 Å². The van der Waals surface area contributed by atoms with Gasteiger partial charge in [-0.2, -0.15) is 0 Å². The van der Waals surface area contributed by atoms with Crippen LogP contribution in [0.5, 0.6) is 0 Å². The average molecular weight is 279 g/mol. The predicted molar refractivity (Wildman–Crippen MR) is 70.1 cm³/mol. The Hall–Kier alpha value is -0.830. The van der Waals surface area contributed by atoms with Crippen LogP contribution in [0.1, 0.15) is 29.9 Å². The van der Waals surface area contributed by atoms with Crippen molar-refractivity contribution in [1.82, 2.24) is 5.32 Å². The van der Waals surface area contributed by atoms with Crippen LogP contribution in [0.4, 0.5) is 0 Å². The summed E-state index contributed by atoms with van der Waals surface area (Å²) < 4.78 is 1.26. The Bertz CT molecular complexity index is 440. The molecular weight excluding hydrogens is 264 g/mol. The molecule has 84 valence electrons. The molecule has 0 spiro atoms. The first kappa shape index (κ1) is 10.3. The van der Waals surface area contributed by atoms with Crippen LogP contribution in [0, 0.1) is 0 Å². The Balaban J connectivity index is 2.02. The molecule has 0 aromatic heterocycles. The molecule has 2 aliphatic rings. The van der Waals surface area contributed by atoms with Crippen LogP contribution >= 0.6 is 15.9 Å². The summed E-state index contributed by atoms with van der Waals surface area (Å²) in [5.74, 6) is 1.71. The van der Waals surface area contributed by atoms with Gasteiger partial charge in [0.15, 0.2) is 0 Å². The lowest BCUT2D eigenvalue weighted by atomic mass is 9.82. The van der Waals surface area contributed by atoms with Crippen molar-refractivity contribution in [2.45, 2.75) is 25.2 Å². The Labute approximate surface area is 104 Å². The van der Waals surface area contributed by atoms with Crippen molar-refractivity contribution >= 4 is 21.8 Å². The lowest BCUT2D eigenvalue weighted by molar-refractivity contribution is 0.639. The summed E-state index contributed by atoms with van der Waals surface area (Å²) in [5, 5.41) is 3.42. The van der Waals surface area contributed by atoms with Crippen LogP contribution in [0.2, 0.25) is 0 Å². The average Bonchev–Trinajstić information content (AvgIpc) is 2.82. The molecule has 0 bridgehead atoms. The van der Waals surface area contributed by atoms with E-state index in [4.69, 9.17) is 0 Å². The van der Waals surface area contributed by atoms with Gasteiger partial charge in [0.1, 0.15) is 5.84 Å². The third-order valence-corrected chi connectivity index (χ3v) is 4.22. The molecular formula is C13H15BrN2. The summed E-state index contributed by atoms with van der Waals surface area (Å²) in [4.78, 5) is 4.58. The molecule has 0 amide bonds. The predicted octanol–water partition coefficient (Wildman–Crippen LogP) is 2.87. The third-order valence-electron chi connectivity index (χ3n) is 3.48. The Kier molecular flexibility index (Phi) is 2.72. The standard InChI is InChI=1S/C13H15BrN2/c14-12-6-2-3-9-10(12)4-1-5-11(9)13-15-7-8-16-13/h2-3,6,11H,1,4-5,7-8H2,(H,15,16). The highest BCUT2D eigenvalue weighted by molar-refractivity contribution is 9.10. The lowest BCUT2D eigenvalue weighted by Gasteiger charge is -2.26. The van der Waals surface area contributed by atoms with Crippen LogP contribution in [0.15, 0.2) is 27.7 Å². The highest BCUT2D eigenvalue weighted by Gasteiger charge is 2.26. The molecule has 3 heteroatoms. The number of amidine groups is 1. The summed E-state index contributed by atoms with van der Waals surface area (Å²) >= 11 is 3.66. The van der Waals surface area contributed by atoms with Gasteiger partial charge in [-0.05, 0) is 36.5 Å². The van der Waals surface area contributed by atoms with E-state index in [1.807, 2.05) is 0 Å². The van der Waals surface area contributed by atoms with Crippen molar-refractivity contribution < 1.29 is 0 Å². The van der Waals surface area contributed by atoms with Crippen molar-refractivity contribution in [3.8, 4) is 0 Å². The topological polar surface area (TPSA) is 24.4 Å². The molecule has 0 saturated carbocycles. The molecule has 0 fully saturated rings. The first-order valence-corrected chi connectivity index (χ1v) is 6.71. The first-order chi connectivity index (χ1) is 7.86. The van der Waals surface area contributed by atoms with Crippen molar-refractivity contribution in [1.29, 1.82) is 0 Å². The fourth-order valence-corrected chi connectivity index (χ4v) is 3.32. The maximum Gasteiger partial charge on any atom is 0.104 e. The second-order valence-electron chi connectivity index (χ2n) is 4.45. The second kappa shape index (κ2) is 4.21. The normalized spacial score (nSPS) is 23.6. The minimum absolute atomic E-state index is 0.503. The van der Waals surface area contributed by atoms with Gasteiger partial charge in [0.05, 0.1) is 6.54 Å². The van der Waals surface area contributed by atoms with E-state index in [2.05, 4.69) is 44.4 Å². The molecule has 2 nitrogen and oxygen atoms in total. The van der Waals surface area contributed by atoms with Gasteiger partial charge in [0.25, 0.3) is 0 Å². The number of aliphatic imine (C=N–C) groups is 1. The minimum atomic E-state index is 0.503. The number of halogens is 1. The molecule has 1 heterocycles. The number of nitrogens with zero attached hydrogens (tertiary/aromatic N) is 1. The quantitative estimate of drug-likeness (QED) is 0.840. The molecule has 1 aliphatic heterocycles. The van der Waals surface area contributed by atoms with E-state index in [9.17, 15) is 0 Å². The van der Waals surface area contributed by atoms with Gasteiger partial charge in [-0.15, -0.1) is 0 Å². The van der Waals surface area contributed by atoms with Gasteiger partial charge >= 0.3 is 0 Å².